The average molecular weight is 280 g/mol. The number of aromatic nitrogens is 1. The van der Waals surface area contributed by atoms with Crippen molar-refractivity contribution in [3.63, 3.8) is 0 Å². The third kappa shape index (κ3) is 3.46. The van der Waals surface area contributed by atoms with Crippen molar-refractivity contribution in [3.05, 3.63) is 23.6 Å². The molecule has 0 radical (unpaired) electrons. The van der Waals surface area contributed by atoms with Crippen molar-refractivity contribution in [2.45, 2.75) is 32.9 Å². The molecule has 1 unspecified atom stereocenters. The second kappa shape index (κ2) is 6.99. The number of anilines is 1. The van der Waals surface area contributed by atoms with Crippen LogP contribution in [-0.4, -0.2) is 49.2 Å². The van der Waals surface area contributed by atoms with Crippen LogP contribution >= 0.6 is 0 Å². The predicted octanol–water partition coefficient (Wildman–Crippen LogP) is 1.86. The lowest BCUT2D eigenvalue weighted by Crippen LogP contribution is -2.39. The van der Waals surface area contributed by atoms with Gasteiger partial charge in [-0.2, -0.15) is 0 Å². The number of pyridine rings is 1. The van der Waals surface area contributed by atoms with Crippen LogP contribution < -0.4 is 10.2 Å². The van der Waals surface area contributed by atoms with Gasteiger partial charge in [0.25, 0.3) is 0 Å². The molecule has 0 aromatic carbocycles. The van der Waals surface area contributed by atoms with Gasteiger partial charge in [-0.25, -0.2) is 9.37 Å². The highest BCUT2D eigenvalue weighted by Gasteiger charge is 2.24. The standard InChI is InChI=1S/C15H25FN4/c1-4-17-10-13-6-7-18-15(14(13)16)20-9-5-8-19(3)11-12(20)2/h6-7,12,17H,4-5,8-11H2,1-3H3. The van der Waals surface area contributed by atoms with E-state index in [-0.39, 0.29) is 11.9 Å². The summed E-state index contributed by atoms with van der Waals surface area (Å²) in [5.41, 5.74) is 0.696. The Balaban J connectivity index is 2.22. The molecule has 0 saturated carbocycles. The normalized spacial score (nSPS) is 21.0. The molecule has 2 heterocycles. The number of halogens is 1. The Labute approximate surface area is 121 Å². The van der Waals surface area contributed by atoms with Gasteiger partial charge in [0.05, 0.1) is 0 Å². The topological polar surface area (TPSA) is 31.4 Å². The fourth-order valence-electron chi connectivity index (χ4n) is 2.75. The van der Waals surface area contributed by atoms with Gasteiger partial charge in [-0.1, -0.05) is 6.92 Å². The highest BCUT2D eigenvalue weighted by molar-refractivity contribution is 5.44. The lowest BCUT2D eigenvalue weighted by molar-refractivity contribution is 0.336. The second-order valence-electron chi connectivity index (χ2n) is 5.55. The van der Waals surface area contributed by atoms with E-state index in [1.165, 1.54) is 0 Å². The molecule has 4 nitrogen and oxygen atoms in total. The monoisotopic (exact) mass is 280 g/mol. The Morgan fingerprint density at radius 3 is 3.00 bits per heavy atom. The van der Waals surface area contributed by atoms with Crippen molar-refractivity contribution < 1.29 is 4.39 Å². The van der Waals surface area contributed by atoms with Gasteiger partial charge in [-0.15, -0.1) is 0 Å². The third-order valence-electron chi connectivity index (χ3n) is 3.84. The fourth-order valence-corrected chi connectivity index (χ4v) is 2.75. The van der Waals surface area contributed by atoms with Crippen molar-refractivity contribution in [3.8, 4) is 0 Å². The van der Waals surface area contributed by atoms with Crippen molar-refractivity contribution in [2.75, 3.05) is 38.1 Å². The van der Waals surface area contributed by atoms with Crippen LogP contribution in [0.2, 0.25) is 0 Å². The third-order valence-corrected chi connectivity index (χ3v) is 3.84. The van der Waals surface area contributed by atoms with Gasteiger partial charge >= 0.3 is 0 Å². The van der Waals surface area contributed by atoms with Crippen molar-refractivity contribution in [1.82, 2.24) is 15.2 Å². The van der Waals surface area contributed by atoms with Crippen molar-refractivity contribution in [2.24, 2.45) is 0 Å². The molecule has 0 amide bonds. The Morgan fingerprint density at radius 2 is 2.25 bits per heavy atom. The first-order valence-electron chi connectivity index (χ1n) is 7.42. The quantitative estimate of drug-likeness (QED) is 0.912. The Hall–Kier alpha value is -1.20. The first kappa shape index (κ1) is 15.2. The average Bonchev–Trinajstić information content (AvgIpc) is 2.58. The molecule has 1 aliphatic rings. The SMILES string of the molecule is CCNCc1ccnc(N2CCCN(C)CC2C)c1F. The minimum absolute atomic E-state index is 0.176. The molecule has 1 fully saturated rings. The van der Waals surface area contributed by atoms with Gasteiger partial charge in [-0.05, 0) is 39.5 Å². The first-order valence-corrected chi connectivity index (χ1v) is 7.42. The van der Waals surface area contributed by atoms with Crippen LogP contribution in [0.25, 0.3) is 0 Å². The van der Waals surface area contributed by atoms with Gasteiger partial charge in [0.15, 0.2) is 11.6 Å². The van der Waals surface area contributed by atoms with Gasteiger partial charge < -0.3 is 15.1 Å². The predicted molar refractivity (Wildman–Crippen MR) is 80.5 cm³/mol. The summed E-state index contributed by atoms with van der Waals surface area (Å²) in [5.74, 6) is 0.327. The summed E-state index contributed by atoms with van der Waals surface area (Å²) in [4.78, 5) is 8.69. The molecule has 1 aromatic heterocycles. The van der Waals surface area contributed by atoms with Crippen molar-refractivity contribution >= 4 is 5.82 Å². The molecule has 1 saturated heterocycles. The van der Waals surface area contributed by atoms with E-state index in [1.54, 1.807) is 12.3 Å². The Bertz CT molecular complexity index is 438. The molecular formula is C15H25FN4. The number of rotatable bonds is 4. The number of likely N-dealkylation sites (N-methyl/N-ethyl adjacent to an activating group) is 1. The highest BCUT2D eigenvalue weighted by Crippen LogP contribution is 2.23. The minimum atomic E-state index is -0.176. The summed E-state index contributed by atoms with van der Waals surface area (Å²) < 4.78 is 14.6. The molecule has 0 aliphatic carbocycles. The van der Waals surface area contributed by atoms with Crippen LogP contribution in [0.15, 0.2) is 12.3 Å². The molecule has 0 bridgehead atoms. The summed E-state index contributed by atoms with van der Waals surface area (Å²) in [6, 6.07) is 2.04. The van der Waals surface area contributed by atoms with Crippen LogP contribution in [0, 0.1) is 5.82 Å². The molecule has 5 heteroatoms. The van der Waals surface area contributed by atoms with E-state index in [4.69, 9.17) is 0 Å². The lowest BCUT2D eigenvalue weighted by atomic mass is 10.2. The molecule has 0 spiro atoms. The van der Waals surface area contributed by atoms with Gasteiger partial charge in [0, 0.05) is 37.4 Å². The maximum absolute atomic E-state index is 14.6. The molecule has 1 atom stereocenters. The largest absolute Gasteiger partial charge is 0.350 e. The van der Waals surface area contributed by atoms with E-state index in [0.29, 0.717) is 17.9 Å². The van der Waals surface area contributed by atoms with Crippen LogP contribution in [-0.2, 0) is 6.54 Å². The highest BCUT2D eigenvalue weighted by atomic mass is 19.1. The Morgan fingerprint density at radius 1 is 1.45 bits per heavy atom. The van der Waals surface area contributed by atoms with Gasteiger partial charge in [0.2, 0.25) is 0 Å². The van der Waals surface area contributed by atoms with Crippen LogP contribution in [0.4, 0.5) is 10.2 Å². The second-order valence-corrected chi connectivity index (χ2v) is 5.55. The van der Waals surface area contributed by atoms with E-state index in [9.17, 15) is 4.39 Å². The van der Waals surface area contributed by atoms with E-state index >= 15 is 0 Å². The van der Waals surface area contributed by atoms with Gasteiger partial charge in [-0.3, -0.25) is 0 Å². The van der Waals surface area contributed by atoms with E-state index in [2.05, 4.69) is 34.1 Å². The number of hydrogen-bond donors (Lipinski definition) is 1. The number of nitrogens with zero attached hydrogens (tertiary/aromatic N) is 3. The van der Waals surface area contributed by atoms with E-state index in [0.717, 1.165) is 32.6 Å². The first-order chi connectivity index (χ1) is 9.63. The molecule has 112 valence electrons. The molecular weight excluding hydrogens is 255 g/mol. The smallest absolute Gasteiger partial charge is 0.170 e. The lowest BCUT2D eigenvalue weighted by Gasteiger charge is -2.29. The Kier molecular flexibility index (Phi) is 5.31. The zero-order chi connectivity index (χ0) is 14.5. The summed E-state index contributed by atoms with van der Waals surface area (Å²) in [6.45, 7) is 8.41. The van der Waals surface area contributed by atoms with Crippen LogP contribution in [0.3, 0.4) is 0 Å². The van der Waals surface area contributed by atoms with E-state index < -0.39 is 0 Å². The fraction of sp³-hybridized carbons (Fsp3) is 0.667. The van der Waals surface area contributed by atoms with Gasteiger partial charge in [0.1, 0.15) is 0 Å². The summed E-state index contributed by atoms with van der Waals surface area (Å²) in [7, 11) is 2.12. The molecule has 20 heavy (non-hydrogen) atoms. The van der Waals surface area contributed by atoms with Crippen molar-refractivity contribution in [1.29, 1.82) is 0 Å². The minimum Gasteiger partial charge on any atom is -0.350 e. The number of nitrogens with one attached hydrogen (secondary N) is 1. The summed E-state index contributed by atoms with van der Waals surface area (Å²) >= 11 is 0. The summed E-state index contributed by atoms with van der Waals surface area (Å²) in [6.07, 6.45) is 2.76. The van der Waals surface area contributed by atoms with Crippen LogP contribution in [0.1, 0.15) is 25.8 Å². The molecule has 2 rings (SSSR count). The number of hydrogen-bond acceptors (Lipinski definition) is 4. The molecule has 1 N–H and O–H groups in total. The van der Waals surface area contributed by atoms with Crippen LogP contribution in [0.5, 0.6) is 0 Å². The summed E-state index contributed by atoms with van der Waals surface area (Å²) in [5, 5.41) is 3.17. The molecule has 1 aromatic rings. The maximum Gasteiger partial charge on any atom is 0.170 e. The molecule has 1 aliphatic heterocycles. The van der Waals surface area contributed by atoms with E-state index in [1.807, 2.05) is 6.92 Å². The maximum atomic E-state index is 14.6. The zero-order valence-corrected chi connectivity index (χ0v) is 12.7. The zero-order valence-electron chi connectivity index (χ0n) is 12.7.